The molecule has 2 amide bonds. The van der Waals surface area contributed by atoms with Gasteiger partial charge in [0.25, 0.3) is 0 Å². The fourth-order valence-corrected chi connectivity index (χ4v) is 12.2. The number of rotatable bonds is 2. The molecule has 0 saturated carbocycles. The lowest BCUT2D eigenvalue weighted by Gasteiger charge is -2.41. The van der Waals surface area contributed by atoms with Crippen LogP contribution in [0.2, 0.25) is 10.0 Å². The van der Waals surface area contributed by atoms with Gasteiger partial charge in [-0.3, -0.25) is 9.59 Å². The van der Waals surface area contributed by atoms with E-state index in [0.29, 0.717) is 50.9 Å². The summed E-state index contributed by atoms with van der Waals surface area (Å²) in [5, 5.41) is 44.1. The van der Waals surface area contributed by atoms with Gasteiger partial charge in [0, 0.05) is 74.2 Å². The van der Waals surface area contributed by atoms with E-state index in [0.717, 1.165) is 98.7 Å². The second-order valence-corrected chi connectivity index (χ2v) is 22.0. The maximum absolute atomic E-state index is 12.8. The molecule has 4 aromatic rings. The Bertz CT molecular complexity index is 2680. The monoisotopic (exact) mass is 1050 g/mol. The van der Waals surface area contributed by atoms with Crippen LogP contribution < -0.4 is 19.3 Å². The van der Waals surface area contributed by atoms with Gasteiger partial charge in [-0.15, -0.1) is 0 Å². The molecule has 4 atom stereocenters. The van der Waals surface area contributed by atoms with Crippen LogP contribution >= 0.6 is 23.2 Å². The highest BCUT2D eigenvalue weighted by molar-refractivity contribution is 6.31. The lowest BCUT2D eigenvalue weighted by molar-refractivity contribution is -0.164. The molecular formula is C58H66Cl2N4O10. The number of fused-ring (bicyclic) bond motifs is 6. The van der Waals surface area contributed by atoms with E-state index in [1.54, 1.807) is 50.5 Å². The zero-order valence-electron chi connectivity index (χ0n) is 42.2. The molecule has 0 aromatic heterocycles. The molecule has 4 heterocycles. The zero-order chi connectivity index (χ0) is 52.4. The fraction of sp³-hybridized carbons (Fsp3) is 0.448. The van der Waals surface area contributed by atoms with Crippen molar-refractivity contribution in [3.63, 3.8) is 0 Å². The van der Waals surface area contributed by atoms with Crippen LogP contribution in [0.3, 0.4) is 0 Å². The number of hydrogen-bond acceptors (Lipinski definition) is 10. The molecule has 4 bridgehead atoms. The average Bonchev–Trinajstić information content (AvgIpc) is 3.63. The Morgan fingerprint density at radius 3 is 1.39 bits per heavy atom. The van der Waals surface area contributed by atoms with E-state index >= 15 is 0 Å². The summed E-state index contributed by atoms with van der Waals surface area (Å²) in [7, 11) is 3.23. The summed E-state index contributed by atoms with van der Waals surface area (Å²) in [4.78, 5) is 57.7. The molecule has 0 fully saturated rings. The SMILES string of the molecule is CN1C/C=C/CCCN2C[C@@]3(CCCc4cc(Cl)ccc43)COc3ccc(cc32)[C@@](O)(C(=O)O)CC1=O.CN1C/C=C/CCCN2C[C@@]3(CCCc4cc(Cl)ccc43)COc3ccc(cc32)[C@](O)(C(=O)O)CC1=O. The number of amides is 2. The van der Waals surface area contributed by atoms with Crippen molar-refractivity contribution >= 4 is 58.3 Å². The Morgan fingerprint density at radius 1 is 0.568 bits per heavy atom. The van der Waals surface area contributed by atoms with Gasteiger partial charge >= 0.3 is 11.9 Å². The van der Waals surface area contributed by atoms with Crippen molar-refractivity contribution in [2.75, 3.05) is 76.4 Å². The number of aliphatic carboxylic acids is 2. The summed E-state index contributed by atoms with van der Waals surface area (Å²) >= 11 is 12.6. The van der Waals surface area contributed by atoms with E-state index < -0.39 is 47.8 Å². The predicted octanol–water partition coefficient (Wildman–Crippen LogP) is 8.57. The summed E-state index contributed by atoms with van der Waals surface area (Å²) in [5.74, 6) is -2.47. The largest absolute Gasteiger partial charge is 0.490 e. The number of ether oxygens (including phenoxy) is 2. The summed E-state index contributed by atoms with van der Waals surface area (Å²) in [5.41, 5.74) is 1.69. The Morgan fingerprint density at radius 2 is 0.986 bits per heavy atom. The quantitative estimate of drug-likeness (QED) is 0.141. The van der Waals surface area contributed by atoms with Crippen LogP contribution in [0.15, 0.2) is 97.1 Å². The lowest BCUT2D eigenvalue weighted by atomic mass is 9.70. The van der Waals surface area contributed by atoms with E-state index in [-0.39, 0.29) is 22.0 Å². The summed E-state index contributed by atoms with van der Waals surface area (Å²) in [6.45, 7) is 4.61. The Labute approximate surface area is 442 Å². The number of carboxylic acids is 2. The second-order valence-electron chi connectivity index (χ2n) is 21.1. The number of aryl methyl sites for hydroxylation is 2. The van der Waals surface area contributed by atoms with Gasteiger partial charge in [-0.1, -0.05) is 71.8 Å². The van der Waals surface area contributed by atoms with E-state index in [1.807, 2.05) is 24.3 Å². The number of anilines is 2. The van der Waals surface area contributed by atoms with Gasteiger partial charge < -0.3 is 49.5 Å². The molecule has 0 unspecified atom stereocenters. The highest BCUT2D eigenvalue weighted by Crippen LogP contribution is 2.48. The van der Waals surface area contributed by atoms with Crippen LogP contribution in [0.4, 0.5) is 11.4 Å². The fourth-order valence-electron chi connectivity index (χ4n) is 11.8. The van der Waals surface area contributed by atoms with Gasteiger partial charge in [0.2, 0.25) is 11.8 Å². The van der Waals surface area contributed by atoms with Gasteiger partial charge in [0.05, 0.1) is 37.4 Å². The average molecular weight is 1050 g/mol. The van der Waals surface area contributed by atoms with Crippen molar-refractivity contribution < 1.29 is 49.1 Å². The first-order chi connectivity index (χ1) is 35.4. The molecule has 6 aliphatic rings. The molecule has 2 spiro atoms. The zero-order valence-corrected chi connectivity index (χ0v) is 43.7. The second kappa shape index (κ2) is 21.7. The van der Waals surface area contributed by atoms with Crippen LogP contribution in [-0.2, 0) is 54.1 Å². The number of allylic oxidation sites excluding steroid dienone is 2. The minimum Gasteiger partial charge on any atom is -0.490 e. The number of carbonyl (C=O) groups excluding carboxylic acids is 2. The van der Waals surface area contributed by atoms with Crippen molar-refractivity contribution in [1.82, 2.24) is 9.80 Å². The van der Waals surface area contributed by atoms with Crippen molar-refractivity contribution in [2.45, 2.75) is 99.1 Å². The van der Waals surface area contributed by atoms with Crippen LogP contribution in [0.1, 0.15) is 97.6 Å². The Hall–Kier alpha value is -6.06. The normalized spacial score (nSPS) is 27.1. The van der Waals surface area contributed by atoms with Crippen molar-refractivity contribution in [3.8, 4) is 11.5 Å². The first-order valence-electron chi connectivity index (χ1n) is 25.8. The maximum atomic E-state index is 12.8. The third-order valence-corrected chi connectivity index (χ3v) is 16.6. The van der Waals surface area contributed by atoms with Gasteiger partial charge in [0.15, 0.2) is 11.2 Å². The summed E-state index contributed by atoms with van der Waals surface area (Å²) < 4.78 is 12.9. The van der Waals surface area contributed by atoms with Gasteiger partial charge in [-0.05, 0) is 146 Å². The number of halogens is 2. The molecule has 4 aromatic carbocycles. The Balaban J connectivity index is 0.000000182. The number of aliphatic hydroxyl groups is 2. The van der Waals surface area contributed by atoms with Gasteiger partial charge in [-0.25, -0.2) is 9.59 Å². The predicted molar refractivity (Wildman–Crippen MR) is 285 cm³/mol. The number of carbonyl (C=O) groups is 4. The third kappa shape index (κ3) is 10.6. The van der Waals surface area contributed by atoms with E-state index in [2.05, 4.69) is 46.2 Å². The highest BCUT2D eigenvalue weighted by atomic mass is 35.5. The summed E-state index contributed by atoms with van der Waals surface area (Å²) in [6.07, 6.45) is 16.3. The number of carboxylic acid groups (broad SMARTS) is 2. The number of nitrogens with zero attached hydrogens (tertiary/aromatic N) is 4. The van der Waals surface area contributed by atoms with E-state index in [4.69, 9.17) is 32.7 Å². The highest BCUT2D eigenvalue weighted by Gasteiger charge is 2.47. The molecule has 4 N–H and O–H groups in total. The molecule has 0 saturated heterocycles. The van der Waals surface area contributed by atoms with Crippen molar-refractivity contribution in [1.29, 1.82) is 0 Å². The van der Waals surface area contributed by atoms with E-state index in [1.165, 1.54) is 32.1 Å². The molecular weight excluding hydrogens is 984 g/mol. The van der Waals surface area contributed by atoms with Crippen LogP contribution in [0, 0.1) is 0 Å². The lowest BCUT2D eigenvalue weighted by Crippen LogP contribution is -2.46. The standard InChI is InChI=1S/2C29H33ClN2O5/c2*1-31-13-4-2-3-5-14-32-18-28(12-6-7-20-15-22(30)9-10-23(20)28)19-37-25-11-8-21(16-24(25)32)29(36,27(34)35)17-26(31)33/h2*2,4,8-11,15-16,36H,3,5-7,12-14,17-19H2,1H3,(H,34,35)/b2*4-2+/t28-,29+;28-,29-/m00/s1. The van der Waals surface area contributed by atoms with Crippen molar-refractivity contribution in [2.24, 2.45) is 0 Å². The van der Waals surface area contributed by atoms with Gasteiger partial charge in [0.1, 0.15) is 11.5 Å². The number of benzene rings is 4. The topological polar surface area (TPSA) is 181 Å². The molecule has 2 aliphatic carbocycles. The molecule has 10 rings (SSSR count). The van der Waals surface area contributed by atoms with Crippen LogP contribution in [-0.4, -0.2) is 121 Å². The minimum atomic E-state index is -2.35. The smallest absolute Gasteiger partial charge is 0.340 e. The number of likely N-dealkylation sites (N-methyl/N-ethyl adjacent to an activating group) is 2. The van der Waals surface area contributed by atoms with Crippen molar-refractivity contribution in [3.05, 3.63) is 141 Å². The molecule has 4 aliphatic heterocycles. The number of hydrogen-bond donors (Lipinski definition) is 4. The van der Waals surface area contributed by atoms with Crippen LogP contribution in [0.25, 0.3) is 0 Å². The molecule has 0 radical (unpaired) electrons. The molecule has 392 valence electrons. The summed E-state index contributed by atoms with van der Waals surface area (Å²) in [6, 6.07) is 22.2. The minimum absolute atomic E-state index is 0.175. The third-order valence-electron chi connectivity index (χ3n) is 16.1. The van der Waals surface area contributed by atoms with Crippen LogP contribution in [0.5, 0.6) is 11.5 Å². The maximum Gasteiger partial charge on any atom is 0.340 e. The first-order valence-corrected chi connectivity index (χ1v) is 26.5. The molecule has 14 nitrogen and oxygen atoms in total. The van der Waals surface area contributed by atoms with E-state index in [9.17, 15) is 39.6 Å². The van der Waals surface area contributed by atoms with Gasteiger partial charge in [-0.2, -0.15) is 0 Å². The first kappa shape index (κ1) is 52.8. The molecule has 74 heavy (non-hydrogen) atoms. The Kier molecular flexibility index (Phi) is 15.4. The molecule has 16 heteroatoms.